The molecular formula is C12H20N2O. The summed E-state index contributed by atoms with van der Waals surface area (Å²) in [5, 5.41) is 12.7. The molecule has 2 rings (SSSR count). The fourth-order valence-electron chi connectivity index (χ4n) is 2.46. The Labute approximate surface area is 91.1 Å². The molecule has 15 heavy (non-hydrogen) atoms. The third-order valence-corrected chi connectivity index (χ3v) is 3.14. The SMILES string of the molecule is CNC1CCCc2cn(CC(C)O)cc21. The van der Waals surface area contributed by atoms with Crippen molar-refractivity contribution in [1.29, 1.82) is 0 Å². The fraction of sp³-hybridized carbons (Fsp3) is 0.667. The lowest BCUT2D eigenvalue weighted by molar-refractivity contribution is 0.173. The number of rotatable bonds is 3. The first-order chi connectivity index (χ1) is 7.20. The molecule has 0 aliphatic heterocycles. The highest BCUT2D eigenvalue weighted by molar-refractivity contribution is 5.30. The number of fused-ring (bicyclic) bond motifs is 1. The third kappa shape index (κ3) is 2.24. The predicted octanol–water partition coefficient (Wildman–Crippen LogP) is 1.47. The van der Waals surface area contributed by atoms with Crippen molar-refractivity contribution in [1.82, 2.24) is 9.88 Å². The van der Waals surface area contributed by atoms with Gasteiger partial charge < -0.3 is 15.0 Å². The molecule has 1 heterocycles. The van der Waals surface area contributed by atoms with E-state index >= 15 is 0 Å². The monoisotopic (exact) mass is 208 g/mol. The third-order valence-electron chi connectivity index (χ3n) is 3.14. The highest BCUT2D eigenvalue weighted by Gasteiger charge is 2.20. The number of aromatic nitrogens is 1. The molecule has 0 aromatic carbocycles. The predicted molar refractivity (Wildman–Crippen MR) is 60.9 cm³/mol. The minimum absolute atomic E-state index is 0.271. The van der Waals surface area contributed by atoms with Gasteiger partial charge in [-0.25, -0.2) is 0 Å². The van der Waals surface area contributed by atoms with Crippen LogP contribution in [0.2, 0.25) is 0 Å². The zero-order valence-corrected chi connectivity index (χ0v) is 9.53. The number of hydrogen-bond donors (Lipinski definition) is 2. The average molecular weight is 208 g/mol. The quantitative estimate of drug-likeness (QED) is 0.789. The molecule has 0 saturated heterocycles. The Bertz CT molecular complexity index is 330. The maximum Gasteiger partial charge on any atom is 0.0690 e. The molecule has 3 nitrogen and oxygen atoms in total. The summed E-state index contributed by atoms with van der Waals surface area (Å²) in [6.07, 6.45) is 7.76. The number of aryl methyl sites for hydroxylation is 1. The topological polar surface area (TPSA) is 37.2 Å². The van der Waals surface area contributed by atoms with Crippen molar-refractivity contribution >= 4 is 0 Å². The first-order valence-corrected chi connectivity index (χ1v) is 5.74. The summed E-state index contributed by atoms with van der Waals surface area (Å²) in [6, 6.07) is 0.504. The molecule has 1 aliphatic rings. The largest absolute Gasteiger partial charge is 0.392 e. The lowest BCUT2D eigenvalue weighted by atomic mass is 9.91. The Morgan fingerprint density at radius 1 is 1.60 bits per heavy atom. The minimum Gasteiger partial charge on any atom is -0.392 e. The van der Waals surface area contributed by atoms with Gasteiger partial charge in [-0.05, 0) is 44.4 Å². The van der Waals surface area contributed by atoms with Gasteiger partial charge in [0.15, 0.2) is 0 Å². The smallest absolute Gasteiger partial charge is 0.0690 e. The van der Waals surface area contributed by atoms with E-state index in [4.69, 9.17) is 0 Å². The zero-order chi connectivity index (χ0) is 10.8. The molecule has 0 saturated carbocycles. The lowest BCUT2D eigenvalue weighted by Gasteiger charge is -2.21. The Morgan fingerprint density at radius 2 is 2.40 bits per heavy atom. The van der Waals surface area contributed by atoms with Crippen LogP contribution in [-0.2, 0) is 13.0 Å². The van der Waals surface area contributed by atoms with Crippen molar-refractivity contribution in [3.63, 3.8) is 0 Å². The molecule has 0 radical (unpaired) electrons. The van der Waals surface area contributed by atoms with E-state index in [9.17, 15) is 5.11 Å². The van der Waals surface area contributed by atoms with E-state index in [1.165, 1.54) is 30.4 Å². The molecule has 2 unspecified atom stereocenters. The normalized spacial score (nSPS) is 22.5. The van der Waals surface area contributed by atoms with Gasteiger partial charge in [0.2, 0.25) is 0 Å². The van der Waals surface area contributed by atoms with Crippen LogP contribution in [0.4, 0.5) is 0 Å². The van der Waals surface area contributed by atoms with Crippen molar-refractivity contribution in [2.24, 2.45) is 0 Å². The Morgan fingerprint density at radius 3 is 3.07 bits per heavy atom. The number of hydrogen-bond acceptors (Lipinski definition) is 2. The van der Waals surface area contributed by atoms with Crippen LogP contribution in [0, 0.1) is 0 Å². The molecule has 84 valence electrons. The van der Waals surface area contributed by atoms with Crippen molar-refractivity contribution in [2.75, 3.05) is 7.05 Å². The fourth-order valence-corrected chi connectivity index (χ4v) is 2.46. The van der Waals surface area contributed by atoms with Crippen LogP contribution in [0.15, 0.2) is 12.4 Å². The molecule has 1 aromatic rings. The van der Waals surface area contributed by atoms with Crippen LogP contribution in [0.1, 0.15) is 36.9 Å². The van der Waals surface area contributed by atoms with E-state index in [0.29, 0.717) is 12.6 Å². The minimum atomic E-state index is -0.271. The summed E-state index contributed by atoms with van der Waals surface area (Å²) in [4.78, 5) is 0. The van der Waals surface area contributed by atoms with E-state index in [0.717, 1.165) is 0 Å². The summed E-state index contributed by atoms with van der Waals surface area (Å²) in [7, 11) is 2.02. The Balaban J connectivity index is 2.21. The van der Waals surface area contributed by atoms with Gasteiger partial charge in [0.25, 0.3) is 0 Å². The van der Waals surface area contributed by atoms with Gasteiger partial charge in [-0.2, -0.15) is 0 Å². The van der Waals surface area contributed by atoms with Gasteiger partial charge in [-0.3, -0.25) is 0 Å². The van der Waals surface area contributed by atoms with E-state index in [-0.39, 0.29) is 6.10 Å². The van der Waals surface area contributed by atoms with Crippen molar-refractivity contribution in [3.8, 4) is 0 Å². The van der Waals surface area contributed by atoms with Crippen LogP contribution in [-0.4, -0.2) is 22.8 Å². The van der Waals surface area contributed by atoms with Gasteiger partial charge in [0, 0.05) is 25.0 Å². The van der Waals surface area contributed by atoms with Crippen molar-refractivity contribution in [3.05, 3.63) is 23.5 Å². The van der Waals surface area contributed by atoms with Crippen molar-refractivity contribution < 1.29 is 5.11 Å². The second-order valence-corrected chi connectivity index (χ2v) is 4.52. The van der Waals surface area contributed by atoms with Crippen LogP contribution < -0.4 is 5.32 Å². The summed E-state index contributed by atoms with van der Waals surface area (Å²) in [5.41, 5.74) is 2.87. The highest BCUT2D eigenvalue weighted by Crippen LogP contribution is 2.30. The zero-order valence-electron chi connectivity index (χ0n) is 9.53. The summed E-state index contributed by atoms with van der Waals surface area (Å²) in [6.45, 7) is 2.53. The lowest BCUT2D eigenvalue weighted by Crippen LogP contribution is -2.20. The number of nitrogens with zero attached hydrogens (tertiary/aromatic N) is 1. The van der Waals surface area contributed by atoms with Crippen LogP contribution in [0.5, 0.6) is 0 Å². The maximum atomic E-state index is 9.35. The molecular weight excluding hydrogens is 188 g/mol. The Kier molecular flexibility index (Phi) is 3.12. The van der Waals surface area contributed by atoms with E-state index < -0.39 is 0 Å². The molecule has 0 spiro atoms. The number of nitrogens with one attached hydrogen (secondary N) is 1. The van der Waals surface area contributed by atoms with Gasteiger partial charge in [-0.15, -0.1) is 0 Å². The molecule has 0 bridgehead atoms. The Hall–Kier alpha value is -0.800. The first kappa shape index (κ1) is 10.7. The van der Waals surface area contributed by atoms with E-state index in [2.05, 4.69) is 22.3 Å². The second kappa shape index (κ2) is 4.37. The first-order valence-electron chi connectivity index (χ1n) is 5.74. The standard InChI is InChI=1S/C12H20N2O/c1-9(15)6-14-7-10-4-3-5-12(13-2)11(10)8-14/h7-9,12-13,15H,3-6H2,1-2H3. The molecule has 1 aromatic heterocycles. The summed E-state index contributed by atoms with van der Waals surface area (Å²) in [5.74, 6) is 0. The summed E-state index contributed by atoms with van der Waals surface area (Å²) < 4.78 is 2.12. The summed E-state index contributed by atoms with van der Waals surface area (Å²) >= 11 is 0. The van der Waals surface area contributed by atoms with E-state index in [1.807, 2.05) is 14.0 Å². The van der Waals surface area contributed by atoms with Gasteiger partial charge in [0.1, 0.15) is 0 Å². The van der Waals surface area contributed by atoms with Gasteiger partial charge in [0.05, 0.1) is 6.10 Å². The van der Waals surface area contributed by atoms with Gasteiger partial charge in [-0.1, -0.05) is 0 Å². The molecule has 1 aliphatic carbocycles. The second-order valence-electron chi connectivity index (χ2n) is 4.52. The van der Waals surface area contributed by atoms with Crippen LogP contribution >= 0.6 is 0 Å². The molecule has 0 amide bonds. The van der Waals surface area contributed by atoms with Crippen LogP contribution in [0.25, 0.3) is 0 Å². The molecule has 0 fully saturated rings. The van der Waals surface area contributed by atoms with E-state index in [1.54, 1.807) is 0 Å². The molecule has 2 atom stereocenters. The van der Waals surface area contributed by atoms with Crippen molar-refractivity contribution in [2.45, 2.75) is 44.9 Å². The molecule has 2 N–H and O–H groups in total. The van der Waals surface area contributed by atoms with Crippen LogP contribution in [0.3, 0.4) is 0 Å². The number of aliphatic hydroxyl groups is 1. The van der Waals surface area contributed by atoms with Gasteiger partial charge >= 0.3 is 0 Å². The highest BCUT2D eigenvalue weighted by atomic mass is 16.3. The average Bonchev–Trinajstić information content (AvgIpc) is 2.58. The maximum absolute atomic E-state index is 9.35. The molecule has 3 heteroatoms. The number of aliphatic hydroxyl groups excluding tert-OH is 1.